The molecule has 1 aromatic heterocycles. The van der Waals surface area contributed by atoms with Gasteiger partial charge in [0, 0.05) is 13.7 Å². The van der Waals surface area contributed by atoms with Crippen LogP contribution < -0.4 is 5.73 Å². The Morgan fingerprint density at radius 3 is 2.79 bits per heavy atom. The van der Waals surface area contributed by atoms with Crippen molar-refractivity contribution in [2.75, 3.05) is 20.3 Å². The number of ether oxygens (including phenoxy) is 2. The summed E-state index contributed by atoms with van der Waals surface area (Å²) in [5.74, 6) is 0.904. The van der Waals surface area contributed by atoms with Crippen LogP contribution >= 0.6 is 0 Å². The summed E-state index contributed by atoms with van der Waals surface area (Å²) in [5, 5.41) is 3.92. The van der Waals surface area contributed by atoms with Gasteiger partial charge in [-0.25, -0.2) is 0 Å². The van der Waals surface area contributed by atoms with Crippen molar-refractivity contribution in [3.63, 3.8) is 0 Å². The molecule has 6 heteroatoms. The van der Waals surface area contributed by atoms with Gasteiger partial charge in [-0.3, -0.25) is 0 Å². The summed E-state index contributed by atoms with van der Waals surface area (Å²) in [5.41, 5.74) is 6.30. The second kappa shape index (κ2) is 6.98. The molecular weight excluding hydrogens is 246 g/mol. The number of rotatable bonds is 7. The lowest BCUT2D eigenvalue weighted by Crippen LogP contribution is -2.08. The zero-order chi connectivity index (χ0) is 13.5. The standard InChI is InChI=1S/C13H17N3O3/c1-17-12(10-5-3-2-4-6-10)13-15-11(19-16-13)9-18-8-7-14/h2-6,12H,7-9,14H2,1H3. The molecule has 102 valence electrons. The van der Waals surface area contributed by atoms with Crippen molar-refractivity contribution in [3.8, 4) is 0 Å². The fraction of sp³-hybridized carbons (Fsp3) is 0.385. The molecule has 0 aliphatic carbocycles. The molecule has 0 amide bonds. The lowest BCUT2D eigenvalue weighted by atomic mass is 10.1. The molecule has 2 aromatic rings. The minimum absolute atomic E-state index is 0.259. The zero-order valence-corrected chi connectivity index (χ0v) is 10.8. The fourth-order valence-corrected chi connectivity index (χ4v) is 1.69. The van der Waals surface area contributed by atoms with Crippen molar-refractivity contribution < 1.29 is 14.0 Å². The van der Waals surface area contributed by atoms with Gasteiger partial charge in [-0.05, 0) is 5.56 Å². The Balaban J connectivity index is 2.07. The maximum atomic E-state index is 5.42. The molecule has 1 aromatic carbocycles. The number of hydrogen-bond donors (Lipinski definition) is 1. The normalized spacial score (nSPS) is 12.5. The van der Waals surface area contributed by atoms with E-state index in [0.29, 0.717) is 24.9 Å². The van der Waals surface area contributed by atoms with Gasteiger partial charge in [-0.1, -0.05) is 35.5 Å². The summed E-state index contributed by atoms with van der Waals surface area (Å²) in [6.07, 6.45) is -0.340. The van der Waals surface area contributed by atoms with Crippen molar-refractivity contribution >= 4 is 0 Å². The Morgan fingerprint density at radius 1 is 1.32 bits per heavy atom. The highest BCUT2D eigenvalue weighted by molar-refractivity contribution is 5.22. The molecule has 6 nitrogen and oxygen atoms in total. The number of aromatic nitrogens is 2. The van der Waals surface area contributed by atoms with Gasteiger partial charge in [0.2, 0.25) is 5.82 Å². The zero-order valence-electron chi connectivity index (χ0n) is 10.8. The Morgan fingerprint density at radius 2 is 2.11 bits per heavy atom. The molecule has 0 aliphatic heterocycles. The second-order valence-corrected chi connectivity index (χ2v) is 3.91. The molecule has 0 radical (unpaired) electrons. The van der Waals surface area contributed by atoms with Crippen molar-refractivity contribution in [2.24, 2.45) is 5.73 Å². The van der Waals surface area contributed by atoms with Gasteiger partial charge in [0.1, 0.15) is 12.7 Å². The topological polar surface area (TPSA) is 83.4 Å². The van der Waals surface area contributed by atoms with E-state index in [2.05, 4.69) is 10.1 Å². The summed E-state index contributed by atoms with van der Waals surface area (Å²) < 4.78 is 15.8. The van der Waals surface area contributed by atoms with Crippen LogP contribution in [-0.2, 0) is 16.1 Å². The highest BCUT2D eigenvalue weighted by atomic mass is 16.5. The largest absolute Gasteiger partial charge is 0.370 e. The van der Waals surface area contributed by atoms with Crippen LogP contribution in [0, 0.1) is 0 Å². The summed E-state index contributed by atoms with van der Waals surface area (Å²) in [6, 6.07) is 9.72. The first-order chi connectivity index (χ1) is 9.35. The van der Waals surface area contributed by atoms with Crippen LogP contribution in [0.5, 0.6) is 0 Å². The van der Waals surface area contributed by atoms with Gasteiger partial charge in [0.25, 0.3) is 5.89 Å². The Hall–Kier alpha value is -1.76. The third kappa shape index (κ3) is 3.60. The molecule has 1 heterocycles. The Labute approximate surface area is 111 Å². The van der Waals surface area contributed by atoms with E-state index in [0.717, 1.165) is 5.56 Å². The van der Waals surface area contributed by atoms with E-state index in [1.807, 2.05) is 30.3 Å². The van der Waals surface area contributed by atoms with E-state index in [1.165, 1.54) is 0 Å². The van der Waals surface area contributed by atoms with Gasteiger partial charge in [0.15, 0.2) is 0 Å². The average molecular weight is 263 g/mol. The molecule has 2 N–H and O–H groups in total. The molecule has 0 saturated carbocycles. The van der Waals surface area contributed by atoms with Gasteiger partial charge >= 0.3 is 0 Å². The number of methoxy groups -OCH3 is 1. The highest BCUT2D eigenvalue weighted by Crippen LogP contribution is 2.22. The third-order valence-electron chi connectivity index (χ3n) is 2.54. The van der Waals surface area contributed by atoms with E-state index in [9.17, 15) is 0 Å². The SMILES string of the molecule is COC(c1ccccc1)c1noc(COCCN)n1. The summed E-state index contributed by atoms with van der Waals surface area (Å²) >= 11 is 0. The maximum Gasteiger partial charge on any atom is 0.252 e. The molecule has 19 heavy (non-hydrogen) atoms. The third-order valence-corrected chi connectivity index (χ3v) is 2.54. The Kier molecular flexibility index (Phi) is 5.02. The maximum absolute atomic E-state index is 5.42. The lowest BCUT2D eigenvalue weighted by molar-refractivity contribution is 0.104. The van der Waals surface area contributed by atoms with Gasteiger partial charge in [-0.15, -0.1) is 0 Å². The number of nitrogens with zero attached hydrogens (tertiary/aromatic N) is 2. The highest BCUT2D eigenvalue weighted by Gasteiger charge is 2.19. The smallest absolute Gasteiger partial charge is 0.252 e. The van der Waals surface area contributed by atoms with Gasteiger partial charge in [-0.2, -0.15) is 4.98 Å². The van der Waals surface area contributed by atoms with Crippen LogP contribution in [0.4, 0.5) is 0 Å². The quantitative estimate of drug-likeness (QED) is 0.758. The van der Waals surface area contributed by atoms with E-state index in [1.54, 1.807) is 7.11 Å². The lowest BCUT2D eigenvalue weighted by Gasteiger charge is -2.10. The van der Waals surface area contributed by atoms with Gasteiger partial charge < -0.3 is 19.7 Å². The van der Waals surface area contributed by atoms with E-state index in [-0.39, 0.29) is 12.7 Å². The first-order valence-corrected chi connectivity index (χ1v) is 6.03. The predicted octanol–water partition coefficient (Wildman–Crippen LogP) is 1.28. The first kappa shape index (κ1) is 13.7. The van der Waals surface area contributed by atoms with Crippen molar-refractivity contribution in [3.05, 3.63) is 47.6 Å². The number of benzene rings is 1. The van der Waals surface area contributed by atoms with E-state index in [4.69, 9.17) is 19.7 Å². The molecule has 1 atom stereocenters. The van der Waals surface area contributed by atoms with Crippen molar-refractivity contribution in [1.29, 1.82) is 0 Å². The summed E-state index contributed by atoms with van der Waals surface area (Å²) in [7, 11) is 1.61. The summed E-state index contributed by atoms with van der Waals surface area (Å²) in [4.78, 5) is 4.26. The molecule has 0 spiro atoms. The van der Waals surface area contributed by atoms with Crippen LogP contribution in [0.2, 0.25) is 0 Å². The predicted molar refractivity (Wildman–Crippen MR) is 68.3 cm³/mol. The molecule has 0 fully saturated rings. The fourth-order valence-electron chi connectivity index (χ4n) is 1.69. The van der Waals surface area contributed by atoms with Crippen LogP contribution in [0.25, 0.3) is 0 Å². The molecular formula is C13H17N3O3. The van der Waals surface area contributed by atoms with E-state index < -0.39 is 0 Å². The van der Waals surface area contributed by atoms with Gasteiger partial charge in [0.05, 0.1) is 6.61 Å². The monoisotopic (exact) mass is 263 g/mol. The minimum Gasteiger partial charge on any atom is -0.370 e. The number of nitrogens with two attached hydrogens (primary N) is 1. The molecule has 0 saturated heterocycles. The van der Waals surface area contributed by atoms with E-state index >= 15 is 0 Å². The van der Waals surface area contributed by atoms with Crippen molar-refractivity contribution in [2.45, 2.75) is 12.7 Å². The molecule has 0 aliphatic rings. The minimum atomic E-state index is -0.340. The first-order valence-electron chi connectivity index (χ1n) is 6.03. The Bertz CT molecular complexity index is 487. The molecule has 0 bridgehead atoms. The molecule has 2 rings (SSSR count). The van der Waals surface area contributed by atoms with Crippen LogP contribution in [-0.4, -0.2) is 30.4 Å². The average Bonchev–Trinajstić information content (AvgIpc) is 2.90. The number of hydrogen-bond acceptors (Lipinski definition) is 6. The van der Waals surface area contributed by atoms with Crippen LogP contribution in [0.3, 0.4) is 0 Å². The van der Waals surface area contributed by atoms with Crippen molar-refractivity contribution in [1.82, 2.24) is 10.1 Å². The van der Waals surface area contributed by atoms with Crippen LogP contribution in [0.1, 0.15) is 23.4 Å². The second-order valence-electron chi connectivity index (χ2n) is 3.91. The molecule has 1 unspecified atom stereocenters. The van der Waals surface area contributed by atoms with Crippen LogP contribution in [0.15, 0.2) is 34.9 Å². The summed E-state index contributed by atoms with van der Waals surface area (Å²) in [6.45, 7) is 1.19.